The first-order chi connectivity index (χ1) is 6.70. The van der Waals surface area contributed by atoms with Gasteiger partial charge in [-0.1, -0.05) is 12.2 Å². The highest BCUT2D eigenvalue weighted by Gasteiger charge is 2.22. The normalized spacial score (nSPS) is 21.7. The van der Waals surface area contributed by atoms with Crippen LogP contribution >= 0.6 is 0 Å². The second-order valence-corrected chi connectivity index (χ2v) is 3.28. The molecule has 1 rings (SSSR count). The Bertz CT molecular complexity index is 249. The predicted molar refractivity (Wildman–Crippen MR) is 49.1 cm³/mol. The average Bonchev–Trinajstić information content (AvgIpc) is 2.51. The number of rotatable bonds is 5. The second kappa shape index (κ2) is 5.36. The Hall–Kier alpha value is -1.39. The first-order valence-corrected chi connectivity index (χ1v) is 4.65. The van der Waals surface area contributed by atoms with Gasteiger partial charge in [0.1, 0.15) is 12.4 Å². The monoisotopic (exact) mass is 199 g/mol. The first kappa shape index (κ1) is 10.7. The van der Waals surface area contributed by atoms with Crippen molar-refractivity contribution < 1.29 is 14.7 Å². The maximum Gasteiger partial charge on any atom is 0.294 e. The van der Waals surface area contributed by atoms with Gasteiger partial charge in [0.25, 0.3) is 5.09 Å². The Morgan fingerprint density at radius 1 is 1.57 bits per heavy atom. The van der Waals surface area contributed by atoms with Crippen molar-refractivity contribution in [2.75, 3.05) is 6.61 Å². The molecule has 1 aliphatic carbocycles. The van der Waals surface area contributed by atoms with Crippen LogP contribution in [0.5, 0.6) is 0 Å². The smallest absolute Gasteiger partial charge is 0.294 e. The fourth-order valence-corrected chi connectivity index (χ4v) is 1.57. The van der Waals surface area contributed by atoms with Crippen LogP contribution in [0.2, 0.25) is 0 Å². The van der Waals surface area contributed by atoms with E-state index in [1.165, 1.54) is 0 Å². The van der Waals surface area contributed by atoms with Crippen molar-refractivity contribution in [3.05, 3.63) is 22.3 Å². The molecule has 1 fully saturated rings. The van der Waals surface area contributed by atoms with Crippen molar-refractivity contribution in [1.82, 2.24) is 0 Å². The molecule has 78 valence electrons. The Kier molecular flexibility index (Phi) is 4.10. The molecule has 1 atom stereocenters. The number of ketones is 1. The first-order valence-electron chi connectivity index (χ1n) is 4.65. The van der Waals surface area contributed by atoms with E-state index in [9.17, 15) is 14.9 Å². The van der Waals surface area contributed by atoms with E-state index < -0.39 is 5.09 Å². The number of carbonyl (C=O) groups is 1. The van der Waals surface area contributed by atoms with E-state index in [2.05, 4.69) is 4.84 Å². The quantitative estimate of drug-likeness (QED) is 0.382. The number of allylic oxidation sites excluding steroid dienone is 1. The van der Waals surface area contributed by atoms with Gasteiger partial charge in [-0.15, -0.1) is 10.1 Å². The summed E-state index contributed by atoms with van der Waals surface area (Å²) in [6.45, 7) is -0.0338. The molecule has 1 unspecified atom stereocenters. The van der Waals surface area contributed by atoms with Crippen molar-refractivity contribution in [1.29, 1.82) is 0 Å². The van der Waals surface area contributed by atoms with Crippen LogP contribution in [0, 0.1) is 16.0 Å². The largest absolute Gasteiger partial charge is 0.310 e. The number of hydrogen-bond acceptors (Lipinski definition) is 4. The summed E-state index contributed by atoms with van der Waals surface area (Å²) in [6.07, 6.45) is 6.64. The van der Waals surface area contributed by atoms with Gasteiger partial charge >= 0.3 is 0 Å². The predicted octanol–water partition coefficient (Wildman–Crippen LogP) is 1.51. The van der Waals surface area contributed by atoms with Crippen LogP contribution in [-0.4, -0.2) is 17.5 Å². The van der Waals surface area contributed by atoms with Crippen LogP contribution in [0.3, 0.4) is 0 Å². The zero-order valence-electron chi connectivity index (χ0n) is 7.85. The molecule has 0 aliphatic heterocycles. The minimum absolute atomic E-state index is 0.0338. The van der Waals surface area contributed by atoms with Gasteiger partial charge in [-0.05, 0) is 19.3 Å². The molecular formula is C9H13NO4. The standard InChI is InChI=1S/C9H13NO4/c11-9-6-3-5-8(9)4-1-2-7-14-10(12)13/h1-2,8H,3-7H2/b2-1+. The lowest BCUT2D eigenvalue weighted by molar-refractivity contribution is -0.755. The molecule has 0 bridgehead atoms. The maximum absolute atomic E-state index is 11.2. The van der Waals surface area contributed by atoms with Crippen molar-refractivity contribution in [2.45, 2.75) is 25.7 Å². The van der Waals surface area contributed by atoms with Gasteiger partial charge in [0.05, 0.1) is 0 Å². The van der Waals surface area contributed by atoms with Crippen LogP contribution in [0.15, 0.2) is 12.2 Å². The molecular weight excluding hydrogens is 186 g/mol. The fourth-order valence-electron chi connectivity index (χ4n) is 1.57. The maximum atomic E-state index is 11.2. The molecule has 0 aromatic heterocycles. The van der Waals surface area contributed by atoms with E-state index in [1.807, 2.05) is 0 Å². The lowest BCUT2D eigenvalue weighted by atomic mass is 10.0. The zero-order valence-corrected chi connectivity index (χ0v) is 7.85. The highest BCUT2D eigenvalue weighted by Crippen LogP contribution is 2.24. The Labute approximate surface area is 81.8 Å². The minimum Gasteiger partial charge on any atom is -0.310 e. The topological polar surface area (TPSA) is 69.4 Å². The van der Waals surface area contributed by atoms with Gasteiger partial charge in [-0.3, -0.25) is 4.79 Å². The minimum atomic E-state index is -0.828. The Morgan fingerprint density at radius 2 is 2.36 bits per heavy atom. The summed E-state index contributed by atoms with van der Waals surface area (Å²) in [5.41, 5.74) is 0. The average molecular weight is 199 g/mol. The van der Waals surface area contributed by atoms with Gasteiger partial charge < -0.3 is 4.84 Å². The molecule has 0 saturated heterocycles. The molecule has 14 heavy (non-hydrogen) atoms. The van der Waals surface area contributed by atoms with Crippen LogP contribution in [0.1, 0.15) is 25.7 Å². The third kappa shape index (κ3) is 3.55. The van der Waals surface area contributed by atoms with Crippen molar-refractivity contribution in [3.8, 4) is 0 Å². The summed E-state index contributed by atoms with van der Waals surface area (Å²) in [6, 6.07) is 0. The summed E-state index contributed by atoms with van der Waals surface area (Å²) in [5.74, 6) is 0.437. The molecule has 0 radical (unpaired) electrons. The molecule has 0 aromatic carbocycles. The second-order valence-electron chi connectivity index (χ2n) is 3.28. The number of nitrogens with zero attached hydrogens (tertiary/aromatic N) is 1. The number of carbonyl (C=O) groups excluding carboxylic acids is 1. The van der Waals surface area contributed by atoms with Gasteiger partial charge in [0.15, 0.2) is 0 Å². The van der Waals surface area contributed by atoms with E-state index >= 15 is 0 Å². The van der Waals surface area contributed by atoms with Gasteiger partial charge in [-0.2, -0.15) is 0 Å². The van der Waals surface area contributed by atoms with E-state index in [1.54, 1.807) is 12.2 Å². The molecule has 0 N–H and O–H groups in total. The van der Waals surface area contributed by atoms with Crippen LogP contribution in [-0.2, 0) is 9.63 Å². The summed E-state index contributed by atoms with van der Waals surface area (Å²) in [4.78, 5) is 25.0. The highest BCUT2D eigenvalue weighted by molar-refractivity contribution is 5.82. The van der Waals surface area contributed by atoms with Crippen molar-refractivity contribution in [2.24, 2.45) is 5.92 Å². The van der Waals surface area contributed by atoms with Crippen molar-refractivity contribution >= 4 is 5.78 Å². The molecule has 0 aromatic rings. The molecule has 0 heterocycles. The Morgan fingerprint density at radius 3 is 2.93 bits per heavy atom. The zero-order chi connectivity index (χ0) is 10.4. The molecule has 1 saturated carbocycles. The SMILES string of the molecule is O=C1CCCC1C/C=C/CO[N+](=O)[O-]. The number of Topliss-reactive ketones (excluding diaryl/α,β-unsaturated/α-hetero) is 1. The van der Waals surface area contributed by atoms with Crippen LogP contribution in [0.25, 0.3) is 0 Å². The molecule has 1 aliphatic rings. The van der Waals surface area contributed by atoms with Crippen LogP contribution < -0.4 is 0 Å². The summed E-state index contributed by atoms with van der Waals surface area (Å²) < 4.78 is 0. The third-order valence-electron chi connectivity index (χ3n) is 2.29. The van der Waals surface area contributed by atoms with E-state index in [0.717, 1.165) is 12.8 Å². The summed E-state index contributed by atoms with van der Waals surface area (Å²) >= 11 is 0. The van der Waals surface area contributed by atoms with E-state index in [-0.39, 0.29) is 12.5 Å². The Balaban J connectivity index is 2.13. The molecule has 0 amide bonds. The molecule has 0 spiro atoms. The lowest BCUT2D eigenvalue weighted by Crippen LogP contribution is -2.04. The van der Waals surface area contributed by atoms with Gasteiger partial charge in [0.2, 0.25) is 0 Å². The molecule has 5 heteroatoms. The van der Waals surface area contributed by atoms with Crippen molar-refractivity contribution in [3.63, 3.8) is 0 Å². The van der Waals surface area contributed by atoms with Crippen LogP contribution in [0.4, 0.5) is 0 Å². The van der Waals surface area contributed by atoms with E-state index in [4.69, 9.17) is 0 Å². The number of hydrogen-bond donors (Lipinski definition) is 0. The third-order valence-corrected chi connectivity index (χ3v) is 2.29. The summed E-state index contributed by atoms with van der Waals surface area (Å²) in [5, 5.41) is 8.94. The van der Waals surface area contributed by atoms with Gasteiger partial charge in [0, 0.05) is 12.3 Å². The van der Waals surface area contributed by atoms with E-state index in [0.29, 0.717) is 18.6 Å². The van der Waals surface area contributed by atoms with Gasteiger partial charge in [-0.25, -0.2) is 0 Å². The molecule has 5 nitrogen and oxygen atoms in total. The highest BCUT2D eigenvalue weighted by atomic mass is 16.9. The summed E-state index contributed by atoms with van der Waals surface area (Å²) in [7, 11) is 0. The lowest BCUT2D eigenvalue weighted by Gasteiger charge is -2.01. The fraction of sp³-hybridized carbons (Fsp3) is 0.667.